The number of carbonyl (C=O) groups is 1. The molecule has 1 aromatic rings. The van der Waals surface area contributed by atoms with Gasteiger partial charge in [0.2, 0.25) is 5.91 Å². The van der Waals surface area contributed by atoms with Crippen molar-refractivity contribution in [3.05, 3.63) is 12.0 Å². The first-order valence-electron chi connectivity index (χ1n) is 4.98. The number of methoxy groups -OCH3 is 1. The topological polar surface area (TPSA) is 55.3 Å². The second-order valence-electron chi connectivity index (χ2n) is 3.60. The number of anilines is 1. The van der Waals surface area contributed by atoms with Gasteiger partial charge in [0, 0.05) is 18.9 Å². The average molecular weight is 235 g/mol. The molecule has 6 heteroatoms. The number of hydrogen-bond acceptors (Lipinski definition) is 4. The molecule has 1 aliphatic heterocycles. The van der Waals surface area contributed by atoms with E-state index in [1.54, 1.807) is 0 Å². The number of hydrogen-bond donors (Lipinski definition) is 0. The van der Waals surface area contributed by atoms with Crippen molar-refractivity contribution in [3.63, 3.8) is 0 Å². The molecule has 0 spiro atoms. The van der Waals surface area contributed by atoms with E-state index in [0.29, 0.717) is 0 Å². The molecule has 1 aromatic heterocycles. The van der Waals surface area contributed by atoms with Gasteiger partial charge in [-0.1, -0.05) is 0 Å². The van der Waals surface area contributed by atoms with Crippen LogP contribution in [-0.2, 0) is 4.79 Å². The molecular formula is C11H10FN3O2. The van der Waals surface area contributed by atoms with Gasteiger partial charge < -0.3 is 4.74 Å². The fourth-order valence-corrected chi connectivity index (χ4v) is 1.65. The zero-order valence-electron chi connectivity index (χ0n) is 9.18. The molecule has 1 amide bonds. The summed E-state index contributed by atoms with van der Waals surface area (Å²) in [5.74, 6) is 1.28. The first-order valence-corrected chi connectivity index (χ1v) is 4.98. The number of nitrogens with zero attached hydrogens (tertiary/aromatic N) is 3. The Bertz CT molecular complexity index is 498. The number of carbonyl (C=O) groups excluding carboxylic acids is 1. The highest BCUT2D eigenvalue weighted by Gasteiger charge is 2.32. The Balaban J connectivity index is 2.34. The zero-order valence-corrected chi connectivity index (χ0v) is 9.18. The van der Waals surface area contributed by atoms with Crippen LogP contribution in [0.5, 0.6) is 6.01 Å². The van der Waals surface area contributed by atoms with E-state index in [4.69, 9.17) is 11.2 Å². The van der Waals surface area contributed by atoms with Crippen LogP contribution < -0.4 is 9.64 Å². The first kappa shape index (κ1) is 11.3. The van der Waals surface area contributed by atoms with E-state index in [0.717, 1.165) is 6.20 Å². The minimum Gasteiger partial charge on any atom is -0.467 e. The molecule has 0 aromatic carbocycles. The number of rotatable bonds is 2. The largest absolute Gasteiger partial charge is 0.467 e. The highest BCUT2D eigenvalue weighted by molar-refractivity contribution is 5.95. The molecule has 1 fully saturated rings. The fraction of sp³-hybridized carbons (Fsp3) is 0.364. The summed E-state index contributed by atoms with van der Waals surface area (Å²) in [6.45, 7) is 0.270. The Morgan fingerprint density at radius 3 is 3.06 bits per heavy atom. The summed E-state index contributed by atoms with van der Waals surface area (Å²) in [6, 6.07) is 0.0124. The molecule has 1 saturated heterocycles. The second-order valence-corrected chi connectivity index (χ2v) is 3.60. The quantitative estimate of drug-likeness (QED) is 0.705. The molecule has 1 atom stereocenters. The SMILES string of the molecule is C#CC1CC(=O)N(c2nc(OC)ncc2F)C1. The summed E-state index contributed by atoms with van der Waals surface area (Å²) in [4.78, 5) is 20.3. The van der Waals surface area contributed by atoms with E-state index in [1.807, 2.05) is 0 Å². The van der Waals surface area contributed by atoms with Crippen LogP contribution in [0.2, 0.25) is 0 Å². The minimum atomic E-state index is -0.670. The fourth-order valence-electron chi connectivity index (χ4n) is 1.65. The third-order valence-corrected chi connectivity index (χ3v) is 2.50. The summed E-state index contributed by atoms with van der Waals surface area (Å²) in [7, 11) is 1.37. The molecule has 0 saturated carbocycles. The molecular weight excluding hydrogens is 225 g/mol. The average Bonchev–Trinajstić information content (AvgIpc) is 2.71. The van der Waals surface area contributed by atoms with Crippen LogP contribution in [0.25, 0.3) is 0 Å². The predicted molar refractivity (Wildman–Crippen MR) is 57.8 cm³/mol. The van der Waals surface area contributed by atoms with Crippen LogP contribution in [-0.4, -0.2) is 29.5 Å². The van der Waals surface area contributed by atoms with Crippen LogP contribution in [0.15, 0.2) is 6.20 Å². The lowest BCUT2D eigenvalue weighted by Gasteiger charge is -2.15. The van der Waals surface area contributed by atoms with Crippen molar-refractivity contribution in [3.8, 4) is 18.4 Å². The third kappa shape index (κ3) is 2.04. The number of aromatic nitrogens is 2. The Hall–Kier alpha value is -2.16. The summed E-state index contributed by atoms with van der Waals surface area (Å²) in [6.07, 6.45) is 6.43. The van der Waals surface area contributed by atoms with Gasteiger partial charge >= 0.3 is 6.01 Å². The summed E-state index contributed by atoms with van der Waals surface area (Å²) in [5.41, 5.74) is 0. The van der Waals surface area contributed by atoms with E-state index in [9.17, 15) is 9.18 Å². The van der Waals surface area contributed by atoms with Gasteiger partial charge in [0.15, 0.2) is 11.6 Å². The third-order valence-electron chi connectivity index (χ3n) is 2.50. The Morgan fingerprint density at radius 1 is 1.71 bits per heavy atom. The summed E-state index contributed by atoms with van der Waals surface area (Å²) < 4.78 is 18.3. The molecule has 1 unspecified atom stereocenters. The minimum absolute atomic E-state index is 0.0124. The number of ether oxygens (including phenoxy) is 1. The molecule has 0 aliphatic carbocycles. The van der Waals surface area contributed by atoms with Gasteiger partial charge in [0.05, 0.1) is 13.3 Å². The van der Waals surface area contributed by atoms with E-state index in [1.165, 1.54) is 12.0 Å². The van der Waals surface area contributed by atoms with Crippen LogP contribution in [0, 0.1) is 24.1 Å². The van der Waals surface area contributed by atoms with E-state index in [2.05, 4.69) is 15.9 Å². The summed E-state index contributed by atoms with van der Waals surface area (Å²) >= 11 is 0. The van der Waals surface area contributed by atoms with E-state index >= 15 is 0 Å². The number of terminal acetylenes is 1. The maximum absolute atomic E-state index is 13.5. The van der Waals surface area contributed by atoms with E-state index < -0.39 is 5.82 Å². The summed E-state index contributed by atoms with van der Waals surface area (Å²) in [5, 5.41) is 0. The Kier molecular flexibility index (Phi) is 2.91. The van der Waals surface area contributed by atoms with E-state index in [-0.39, 0.29) is 36.6 Å². The molecule has 1 aliphatic rings. The molecule has 5 nitrogen and oxygen atoms in total. The van der Waals surface area contributed by atoms with Crippen molar-refractivity contribution in [2.24, 2.45) is 5.92 Å². The van der Waals surface area contributed by atoms with Crippen molar-refractivity contribution >= 4 is 11.7 Å². The highest BCUT2D eigenvalue weighted by atomic mass is 19.1. The van der Waals surface area contributed by atoms with Crippen LogP contribution in [0.1, 0.15) is 6.42 Å². The molecule has 0 N–H and O–H groups in total. The van der Waals surface area contributed by atoms with Gasteiger partial charge in [-0.05, 0) is 0 Å². The lowest BCUT2D eigenvalue weighted by molar-refractivity contribution is -0.117. The smallest absolute Gasteiger partial charge is 0.318 e. The van der Waals surface area contributed by atoms with Gasteiger partial charge in [-0.2, -0.15) is 4.98 Å². The molecule has 2 heterocycles. The number of amides is 1. The zero-order chi connectivity index (χ0) is 12.4. The molecule has 17 heavy (non-hydrogen) atoms. The number of halogens is 1. The maximum Gasteiger partial charge on any atom is 0.318 e. The van der Waals surface area contributed by atoms with Gasteiger partial charge in [0.1, 0.15) is 0 Å². The first-order chi connectivity index (χ1) is 8.15. The predicted octanol–water partition coefficient (Wildman–Crippen LogP) is 0.610. The highest BCUT2D eigenvalue weighted by Crippen LogP contribution is 2.26. The molecule has 0 radical (unpaired) electrons. The maximum atomic E-state index is 13.5. The van der Waals surface area contributed by atoms with Crippen molar-refractivity contribution in [2.75, 3.05) is 18.6 Å². The van der Waals surface area contributed by atoms with Gasteiger partial charge in [-0.3, -0.25) is 9.69 Å². The normalized spacial score (nSPS) is 19.2. The lowest BCUT2D eigenvalue weighted by Crippen LogP contribution is -2.26. The molecule has 2 rings (SSSR count). The molecule has 0 bridgehead atoms. The van der Waals surface area contributed by atoms with Crippen molar-refractivity contribution < 1.29 is 13.9 Å². The van der Waals surface area contributed by atoms with Crippen LogP contribution >= 0.6 is 0 Å². The van der Waals surface area contributed by atoms with Gasteiger partial charge in [-0.25, -0.2) is 9.37 Å². The van der Waals surface area contributed by atoms with Crippen molar-refractivity contribution in [1.82, 2.24) is 9.97 Å². The van der Waals surface area contributed by atoms with Crippen LogP contribution in [0.4, 0.5) is 10.2 Å². The van der Waals surface area contributed by atoms with Crippen molar-refractivity contribution in [1.29, 1.82) is 0 Å². The van der Waals surface area contributed by atoms with Crippen LogP contribution in [0.3, 0.4) is 0 Å². The van der Waals surface area contributed by atoms with Gasteiger partial charge in [0.25, 0.3) is 0 Å². The Morgan fingerprint density at radius 2 is 2.47 bits per heavy atom. The van der Waals surface area contributed by atoms with Gasteiger partial charge in [-0.15, -0.1) is 12.3 Å². The molecule has 88 valence electrons. The second kappa shape index (κ2) is 4.37. The lowest BCUT2D eigenvalue weighted by atomic mass is 10.1. The Labute approximate surface area is 97.6 Å². The van der Waals surface area contributed by atoms with Crippen molar-refractivity contribution in [2.45, 2.75) is 6.42 Å². The monoisotopic (exact) mass is 235 g/mol. The standard InChI is InChI=1S/C11H10FN3O2/c1-3-7-4-9(16)15(6-7)10-8(12)5-13-11(14-10)17-2/h1,5,7H,4,6H2,2H3.